The highest BCUT2D eigenvalue weighted by Gasteiger charge is 2.13. The topological polar surface area (TPSA) is 25.2 Å². The van der Waals surface area contributed by atoms with Crippen molar-refractivity contribution in [1.82, 2.24) is 5.32 Å². The molecule has 0 fully saturated rings. The summed E-state index contributed by atoms with van der Waals surface area (Å²) in [7, 11) is 1.91. The van der Waals surface area contributed by atoms with Gasteiger partial charge in [-0.05, 0) is 43.6 Å². The first-order valence-corrected chi connectivity index (χ1v) is 5.14. The molecule has 14 heavy (non-hydrogen) atoms. The summed E-state index contributed by atoms with van der Waals surface area (Å²) in [5.74, 6) is 0.868. The molecule has 3 heteroatoms. The molecular weight excluding hydrogens is 198 g/mol. The van der Waals surface area contributed by atoms with E-state index >= 15 is 0 Å². The smallest absolute Gasteiger partial charge is 0.193 e. The van der Waals surface area contributed by atoms with Gasteiger partial charge in [-0.3, -0.25) is 0 Å². The standard InChI is InChI=1S/C11H16ClNO/c1-4-8(2)7-9(13-3)10-5-6-11(12)14-10/h5-6,9,13H,2,4,7H2,1,3H3. The second-order valence-electron chi connectivity index (χ2n) is 3.29. The zero-order valence-electron chi connectivity index (χ0n) is 8.64. The third-order valence-electron chi connectivity index (χ3n) is 2.28. The summed E-state index contributed by atoms with van der Waals surface area (Å²) in [4.78, 5) is 0. The van der Waals surface area contributed by atoms with Crippen LogP contribution >= 0.6 is 11.6 Å². The second-order valence-corrected chi connectivity index (χ2v) is 3.66. The fourth-order valence-corrected chi connectivity index (χ4v) is 1.45. The molecule has 0 aromatic carbocycles. The van der Waals surface area contributed by atoms with Crippen LogP contribution in [0.2, 0.25) is 5.22 Å². The van der Waals surface area contributed by atoms with Crippen molar-refractivity contribution in [2.45, 2.75) is 25.8 Å². The summed E-state index contributed by atoms with van der Waals surface area (Å²) < 4.78 is 5.34. The summed E-state index contributed by atoms with van der Waals surface area (Å²) in [5.41, 5.74) is 1.21. The van der Waals surface area contributed by atoms with Gasteiger partial charge in [0.15, 0.2) is 5.22 Å². The van der Waals surface area contributed by atoms with Gasteiger partial charge in [-0.1, -0.05) is 19.1 Å². The molecule has 1 atom stereocenters. The molecule has 0 aliphatic rings. The molecule has 1 heterocycles. The highest BCUT2D eigenvalue weighted by molar-refractivity contribution is 6.28. The molecule has 0 spiro atoms. The highest BCUT2D eigenvalue weighted by Crippen LogP contribution is 2.25. The summed E-state index contributed by atoms with van der Waals surface area (Å²) in [5, 5.41) is 3.62. The van der Waals surface area contributed by atoms with Crippen LogP contribution in [0.3, 0.4) is 0 Å². The van der Waals surface area contributed by atoms with E-state index in [0.29, 0.717) is 5.22 Å². The summed E-state index contributed by atoms with van der Waals surface area (Å²) in [6.45, 7) is 6.08. The number of nitrogens with one attached hydrogen (secondary N) is 1. The predicted molar refractivity (Wildman–Crippen MR) is 59.6 cm³/mol. The minimum absolute atomic E-state index is 0.176. The van der Waals surface area contributed by atoms with Gasteiger partial charge >= 0.3 is 0 Å². The fourth-order valence-electron chi connectivity index (χ4n) is 1.29. The highest BCUT2D eigenvalue weighted by atomic mass is 35.5. The van der Waals surface area contributed by atoms with Gasteiger partial charge in [0.05, 0.1) is 6.04 Å². The number of hydrogen-bond donors (Lipinski definition) is 1. The molecule has 0 saturated carbocycles. The Hall–Kier alpha value is -0.730. The molecule has 0 radical (unpaired) electrons. The molecule has 0 bridgehead atoms. The Morgan fingerprint density at radius 3 is 2.79 bits per heavy atom. The van der Waals surface area contributed by atoms with E-state index < -0.39 is 0 Å². The van der Waals surface area contributed by atoms with Crippen LogP contribution in [0.5, 0.6) is 0 Å². The molecule has 78 valence electrons. The van der Waals surface area contributed by atoms with Crippen LogP contribution in [0.1, 0.15) is 31.6 Å². The molecule has 1 rings (SSSR count). The molecule has 0 saturated heterocycles. The average molecular weight is 214 g/mol. The Kier molecular flexibility index (Phi) is 4.23. The molecule has 0 amide bonds. The lowest BCUT2D eigenvalue weighted by Crippen LogP contribution is -2.16. The van der Waals surface area contributed by atoms with Crippen LogP contribution in [-0.2, 0) is 0 Å². The molecule has 0 aliphatic heterocycles. The fraction of sp³-hybridized carbons (Fsp3) is 0.455. The van der Waals surface area contributed by atoms with E-state index in [-0.39, 0.29) is 6.04 Å². The maximum absolute atomic E-state index is 5.72. The van der Waals surface area contributed by atoms with E-state index in [1.807, 2.05) is 13.1 Å². The SMILES string of the molecule is C=C(CC)CC(NC)c1ccc(Cl)o1. The maximum atomic E-state index is 5.72. The quantitative estimate of drug-likeness (QED) is 0.757. The van der Waals surface area contributed by atoms with Crippen LogP contribution < -0.4 is 5.32 Å². The van der Waals surface area contributed by atoms with Gasteiger partial charge in [-0.25, -0.2) is 0 Å². The predicted octanol–water partition coefficient (Wildman–Crippen LogP) is 3.55. The minimum atomic E-state index is 0.176. The van der Waals surface area contributed by atoms with E-state index in [1.165, 1.54) is 5.57 Å². The molecule has 1 N–H and O–H groups in total. The van der Waals surface area contributed by atoms with Crippen molar-refractivity contribution < 1.29 is 4.42 Å². The van der Waals surface area contributed by atoms with E-state index in [1.54, 1.807) is 6.07 Å². The normalized spacial score (nSPS) is 12.8. The number of furan rings is 1. The lowest BCUT2D eigenvalue weighted by molar-refractivity contribution is 0.428. The van der Waals surface area contributed by atoms with Gasteiger partial charge < -0.3 is 9.73 Å². The van der Waals surface area contributed by atoms with E-state index in [0.717, 1.165) is 18.6 Å². The van der Waals surface area contributed by atoms with Crippen molar-refractivity contribution in [3.8, 4) is 0 Å². The summed E-state index contributed by atoms with van der Waals surface area (Å²) in [6.07, 6.45) is 1.88. The zero-order valence-corrected chi connectivity index (χ0v) is 9.40. The summed E-state index contributed by atoms with van der Waals surface area (Å²) in [6, 6.07) is 3.83. The van der Waals surface area contributed by atoms with Crippen LogP contribution in [0.4, 0.5) is 0 Å². The van der Waals surface area contributed by atoms with Crippen LogP contribution in [0.15, 0.2) is 28.7 Å². The van der Waals surface area contributed by atoms with Gasteiger partial charge in [0.1, 0.15) is 5.76 Å². The van der Waals surface area contributed by atoms with Crippen molar-refractivity contribution in [3.63, 3.8) is 0 Å². The first-order chi connectivity index (χ1) is 6.67. The first-order valence-electron chi connectivity index (χ1n) is 4.76. The third kappa shape index (κ3) is 2.89. The molecule has 1 aromatic heterocycles. The van der Waals surface area contributed by atoms with Crippen LogP contribution in [-0.4, -0.2) is 7.05 Å². The minimum Gasteiger partial charge on any atom is -0.448 e. The molecular formula is C11H16ClNO. The van der Waals surface area contributed by atoms with Gasteiger partial charge in [-0.15, -0.1) is 0 Å². The first kappa shape index (κ1) is 11.3. The number of hydrogen-bond acceptors (Lipinski definition) is 2. The number of rotatable bonds is 5. The lowest BCUT2D eigenvalue weighted by atomic mass is 10.0. The van der Waals surface area contributed by atoms with Gasteiger partial charge in [0.25, 0.3) is 0 Å². The Bertz CT molecular complexity index is 306. The van der Waals surface area contributed by atoms with Crippen LogP contribution in [0.25, 0.3) is 0 Å². The van der Waals surface area contributed by atoms with Gasteiger partial charge in [0, 0.05) is 0 Å². The van der Waals surface area contributed by atoms with Crippen LogP contribution in [0, 0.1) is 0 Å². The van der Waals surface area contributed by atoms with E-state index in [2.05, 4.69) is 18.8 Å². The van der Waals surface area contributed by atoms with E-state index in [4.69, 9.17) is 16.0 Å². The molecule has 1 unspecified atom stereocenters. The van der Waals surface area contributed by atoms with Crippen molar-refractivity contribution >= 4 is 11.6 Å². The zero-order chi connectivity index (χ0) is 10.6. The number of halogens is 1. The Morgan fingerprint density at radius 1 is 1.64 bits per heavy atom. The maximum Gasteiger partial charge on any atom is 0.193 e. The molecule has 1 aromatic rings. The lowest BCUT2D eigenvalue weighted by Gasteiger charge is -2.14. The van der Waals surface area contributed by atoms with Gasteiger partial charge in [-0.2, -0.15) is 0 Å². The Morgan fingerprint density at radius 2 is 2.36 bits per heavy atom. The second kappa shape index (κ2) is 5.23. The Labute approximate surface area is 89.9 Å². The largest absolute Gasteiger partial charge is 0.448 e. The van der Waals surface area contributed by atoms with E-state index in [9.17, 15) is 0 Å². The Balaban J connectivity index is 2.67. The molecule has 2 nitrogen and oxygen atoms in total. The van der Waals surface area contributed by atoms with Gasteiger partial charge in [0.2, 0.25) is 0 Å². The van der Waals surface area contributed by atoms with Crippen molar-refractivity contribution in [3.05, 3.63) is 35.3 Å². The summed E-state index contributed by atoms with van der Waals surface area (Å²) >= 11 is 5.72. The third-order valence-corrected chi connectivity index (χ3v) is 2.48. The molecule has 0 aliphatic carbocycles. The van der Waals surface area contributed by atoms with Crippen molar-refractivity contribution in [2.24, 2.45) is 0 Å². The van der Waals surface area contributed by atoms with Crippen molar-refractivity contribution in [1.29, 1.82) is 0 Å². The van der Waals surface area contributed by atoms with Crippen molar-refractivity contribution in [2.75, 3.05) is 7.05 Å². The average Bonchev–Trinajstić information content (AvgIpc) is 2.60. The monoisotopic (exact) mass is 213 g/mol.